The van der Waals surface area contributed by atoms with E-state index in [1.54, 1.807) is 13.1 Å². The van der Waals surface area contributed by atoms with Gasteiger partial charge in [-0.25, -0.2) is 0 Å². The highest BCUT2D eigenvalue weighted by atomic mass is 35.5. The number of halogens is 1. The average Bonchev–Trinajstić information content (AvgIpc) is 2.63. The highest BCUT2D eigenvalue weighted by Crippen LogP contribution is 2.22. The number of ether oxygens (including phenoxy) is 1. The molecule has 2 amide bonds. The molecule has 2 aromatic rings. The molecule has 0 bridgehead atoms. The molecule has 28 heavy (non-hydrogen) atoms. The van der Waals surface area contributed by atoms with Crippen LogP contribution in [0.2, 0.25) is 5.02 Å². The van der Waals surface area contributed by atoms with Gasteiger partial charge < -0.3 is 15.0 Å². The monoisotopic (exact) mass is 402 g/mol. The Hall–Kier alpha value is -2.53. The third-order valence-corrected chi connectivity index (χ3v) is 4.72. The van der Waals surface area contributed by atoms with Crippen molar-refractivity contribution in [1.29, 1.82) is 0 Å². The molecular formula is C22H27ClN2O3. The maximum atomic E-state index is 12.3. The van der Waals surface area contributed by atoms with Crippen LogP contribution >= 0.6 is 11.6 Å². The van der Waals surface area contributed by atoms with Crippen LogP contribution in [-0.4, -0.2) is 36.9 Å². The quantitative estimate of drug-likeness (QED) is 0.660. The van der Waals surface area contributed by atoms with Crippen molar-refractivity contribution in [3.05, 3.63) is 58.1 Å². The smallest absolute Gasteiger partial charge is 0.243 e. The number of carbonyl (C=O) groups is 2. The maximum Gasteiger partial charge on any atom is 0.243 e. The summed E-state index contributed by atoms with van der Waals surface area (Å²) < 4.78 is 5.70. The van der Waals surface area contributed by atoms with Gasteiger partial charge in [-0.1, -0.05) is 29.8 Å². The van der Waals surface area contributed by atoms with Gasteiger partial charge in [0.05, 0.1) is 13.2 Å². The molecule has 0 atom stereocenters. The molecule has 2 rings (SSSR count). The standard InChI is InChI=1S/C22H27ClN2O3/c1-15-7-5-8-16(2)22(15)24-20(26)14-25(4)21(27)9-6-12-28-19-11-10-18(23)13-17(19)3/h5,7-8,10-11,13H,6,9,12,14H2,1-4H3,(H,24,26). The van der Waals surface area contributed by atoms with Gasteiger partial charge in [0.1, 0.15) is 5.75 Å². The van der Waals surface area contributed by atoms with E-state index in [9.17, 15) is 9.59 Å². The molecule has 150 valence electrons. The number of hydrogen-bond donors (Lipinski definition) is 1. The van der Waals surface area contributed by atoms with Crippen molar-refractivity contribution in [2.24, 2.45) is 0 Å². The van der Waals surface area contributed by atoms with Crippen molar-refractivity contribution in [2.45, 2.75) is 33.6 Å². The van der Waals surface area contributed by atoms with Crippen LogP contribution in [0.4, 0.5) is 5.69 Å². The van der Waals surface area contributed by atoms with Crippen LogP contribution < -0.4 is 10.1 Å². The second kappa shape index (κ2) is 10.1. The van der Waals surface area contributed by atoms with Gasteiger partial charge in [-0.15, -0.1) is 0 Å². The first-order valence-electron chi connectivity index (χ1n) is 9.27. The normalized spacial score (nSPS) is 10.5. The minimum Gasteiger partial charge on any atom is -0.493 e. The molecule has 0 heterocycles. The molecule has 0 saturated heterocycles. The number of nitrogens with zero attached hydrogens (tertiary/aromatic N) is 1. The van der Waals surface area contributed by atoms with Crippen LogP contribution in [0.5, 0.6) is 5.75 Å². The number of anilines is 1. The summed E-state index contributed by atoms with van der Waals surface area (Å²) in [6.45, 7) is 6.26. The molecule has 1 N–H and O–H groups in total. The first-order valence-corrected chi connectivity index (χ1v) is 9.64. The lowest BCUT2D eigenvalue weighted by molar-refractivity contribution is -0.133. The van der Waals surface area contributed by atoms with E-state index in [1.807, 2.05) is 51.1 Å². The van der Waals surface area contributed by atoms with E-state index >= 15 is 0 Å². The Bertz CT molecular complexity index is 831. The zero-order chi connectivity index (χ0) is 20.7. The largest absolute Gasteiger partial charge is 0.493 e. The lowest BCUT2D eigenvalue weighted by atomic mass is 10.1. The number of nitrogens with one attached hydrogen (secondary N) is 1. The third-order valence-electron chi connectivity index (χ3n) is 4.48. The zero-order valence-electron chi connectivity index (χ0n) is 16.8. The zero-order valence-corrected chi connectivity index (χ0v) is 17.6. The molecule has 5 nitrogen and oxygen atoms in total. The Morgan fingerprint density at radius 1 is 1.07 bits per heavy atom. The predicted octanol–water partition coefficient (Wildman–Crippen LogP) is 4.52. The topological polar surface area (TPSA) is 58.6 Å². The van der Waals surface area contributed by atoms with Crippen LogP contribution in [-0.2, 0) is 9.59 Å². The molecule has 0 saturated carbocycles. The summed E-state index contributed by atoms with van der Waals surface area (Å²) in [4.78, 5) is 26.0. The molecule has 0 fully saturated rings. The van der Waals surface area contributed by atoms with Crippen molar-refractivity contribution in [1.82, 2.24) is 4.90 Å². The first kappa shape index (κ1) is 21.8. The number of carbonyl (C=O) groups excluding carboxylic acids is 2. The van der Waals surface area contributed by atoms with Gasteiger partial charge in [0.2, 0.25) is 11.8 Å². The Morgan fingerprint density at radius 2 is 1.75 bits per heavy atom. The molecule has 0 aliphatic carbocycles. The highest BCUT2D eigenvalue weighted by molar-refractivity contribution is 6.30. The number of likely N-dealkylation sites (N-methyl/N-ethyl adjacent to an activating group) is 1. The second-order valence-corrected chi connectivity index (χ2v) is 7.36. The summed E-state index contributed by atoms with van der Waals surface area (Å²) in [7, 11) is 1.64. The van der Waals surface area contributed by atoms with Gasteiger partial charge in [-0.3, -0.25) is 9.59 Å². The van der Waals surface area contributed by atoms with Gasteiger partial charge >= 0.3 is 0 Å². The minimum atomic E-state index is -0.207. The van der Waals surface area contributed by atoms with E-state index in [2.05, 4.69) is 5.32 Å². The lowest BCUT2D eigenvalue weighted by Gasteiger charge is -2.18. The van der Waals surface area contributed by atoms with E-state index in [0.29, 0.717) is 24.5 Å². The van der Waals surface area contributed by atoms with Crippen LogP contribution in [0, 0.1) is 20.8 Å². The molecule has 0 aliphatic heterocycles. The molecular weight excluding hydrogens is 376 g/mol. The van der Waals surface area contributed by atoms with Crippen LogP contribution in [0.25, 0.3) is 0 Å². The number of benzene rings is 2. The Balaban J connectivity index is 1.75. The van der Waals surface area contributed by atoms with E-state index in [4.69, 9.17) is 16.3 Å². The average molecular weight is 403 g/mol. The number of rotatable bonds is 8. The summed E-state index contributed by atoms with van der Waals surface area (Å²) in [6, 6.07) is 11.3. The van der Waals surface area contributed by atoms with Gasteiger partial charge in [-0.05, 0) is 62.1 Å². The molecule has 0 spiro atoms. The van der Waals surface area contributed by atoms with E-state index in [-0.39, 0.29) is 18.4 Å². The van der Waals surface area contributed by atoms with E-state index < -0.39 is 0 Å². The summed E-state index contributed by atoms with van der Waals surface area (Å²) in [6.07, 6.45) is 0.892. The predicted molar refractivity (Wildman–Crippen MR) is 113 cm³/mol. The van der Waals surface area contributed by atoms with Crippen LogP contribution in [0.3, 0.4) is 0 Å². The van der Waals surface area contributed by atoms with Crippen molar-refractivity contribution in [3.63, 3.8) is 0 Å². The van der Waals surface area contributed by atoms with Crippen molar-refractivity contribution in [2.75, 3.05) is 25.5 Å². The Kier molecular flexibility index (Phi) is 7.88. The fraction of sp³-hybridized carbons (Fsp3) is 0.364. The van der Waals surface area contributed by atoms with Gasteiger partial charge in [-0.2, -0.15) is 0 Å². The summed E-state index contributed by atoms with van der Waals surface area (Å²) in [5.74, 6) is 0.465. The maximum absolute atomic E-state index is 12.3. The third kappa shape index (κ3) is 6.27. The highest BCUT2D eigenvalue weighted by Gasteiger charge is 2.14. The van der Waals surface area contributed by atoms with E-state index in [1.165, 1.54) is 4.90 Å². The van der Waals surface area contributed by atoms with Gasteiger partial charge in [0, 0.05) is 24.2 Å². The number of aryl methyl sites for hydroxylation is 3. The Morgan fingerprint density at radius 3 is 2.39 bits per heavy atom. The van der Waals surface area contributed by atoms with Crippen molar-refractivity contribution >= 4 is 29.1 Å². The fourth-order valence-corrected chi connectivity index (χ4v) is 3.09. The SMILES string of the molecule is Cc1cc(Cl)ccc1OCCCC(=O)N(C)CC(=O)Nc1c(C)cccc1C. The molecule has 0 aliphatic rings. The van der Waals surface area contributed by atoms with Gasteiger partial charge in [0.25, 0.3) is 0 Å². The van der Waals surface area contributed by atoms with Crippen molar-refractivity contribution in [3.8, 4) is 5.75 Å². The molecule has 2 aromatic carbocycles. The van der Waals surface area contributed by atoms with Crippen LogP contribution in [0.15, 0.2) is 36.4 Å². The van der Waals surface area contributed by atoms with Crippen molar-refractivity contribution < 1.29 is 14.3 Å². The van der Waals surface area contributed by atoms with E-state index in [0.717, 1.165) is 28.1 Å². The lowest BCUT2D eigenvalue weighted by Crippen LogP contribution is -2.35. The van der Waals surface area contributed by atoms with Gasteiger partial charge in [0.15, 0.2) is 0 Å². The summed E-state index contributed by atoms with van der Waals surface area (Å²) in [5, 5.41) is 3.56. The molecule has 6 heteroatoms. The Labute approximate surface area is 171 Å². The second-order valence-electron chi connectivity index (χ2n) is 6.93. The van der Waals surface area contributed by atoms with Crippen LogP contribution in [0.1, 0.15) is 29.5 Å². The number of hydrogen-bond acceptors (Lipinski definition) is 3. The summed E-state index contributed by atoms with van der Waals surface area (Å²) in [5.41, 5.74) is 3.76. The molecule has 0 radical (unpaired) electrons. The summed E-state index contributed by atoms with van der Waals surface area (Å²) >= 11 is 5.93. The minimum absolute atomic E-state index is 0.0176. The molecule has 0 aromatic heterocycles. The number of amides is 2. The first-order chi connectivity index (χ1) is 13.3. The fourth-order valence-electron chi connectivity index (χ4n) is 2.87. The molecule has 0 unspecified atom stereocenters. The number of para-hydroxylation sites is 1.